The summed E-state index contributed by atoms with van der Waals surface area (Å²) in [6.45, 7) is 1.10. The molecule has 2 aliphatic heterocycles. The van der Waals surface area contributed by atoms with E-state index < -0.39 is 0 Å². The van der Waals surface area contributed by atoms with Crippen molar-refractivity contribution in [1.29, 1.82) is 0 Å². The predicted octanol–water partition coefficient (Wildman–Crippen LogP) is 4.19. The fourth-order valence-electron chi connectivity index (χ4n) is 2.40. The molecule has 0 unspecified atom stereocenters. The maximum atomic E-state index is 5.40. The van der Waals surface area contributed by atoms with E-state index in [9.17, 15) is 0 Å². The first-order chi connectivity index (χ1) is 9.90. The molecule has 4 rings (SSSR count). The van der Waals surface area contributed by atoms with Crippen LogP contribution in [0.1, 0.15) is 5.56 Å². The summed E-state index contributed by atoms with van der Waals surface area (Å²) in [6.07, 6.45) is 0. The van der Waals surface area contributed by atoms with Gasteiger partial charge in [0.2, 0.25) is 6.79 Å². The minimum absolute atomic E-state index is 0.321. The third kappa shape index (κ3) is 1.98. The third-order valence-corrected chi connectivity index (χ3v) is 4.29. The van der Waals surface area contributed by atoms with Crippen molar-refractivity contribution in [2.45, 2.75) is 6.54 Å². The fraction of sp³-hybridized carbons (Fsp3) is 0.125. The molecule has 0 fully saturated rings. The quantitative estimate of drug-likeness (QED) is 0.781. The maximum Gasteiger partial charge on any atom is 0.231 e. The summed E-state index contributed by atoms with van der Waals surface area (Å²) in [6, 6.07) is 14.6. The van der Waals surface area contributed by atoms with Crippen LogP contribution in [0.5, 0.6) is 11.5 Å². The summed E-state index contributed by atoms with van der Waals surface area (Å²) < 4.78 is 10.7. The second kappa shape index (κ2) is 4.72. The van der Waals surface area contributed by atoms with Gasteiger partial charge in [-0.25, -0.2) is 0 Å². The van der Waals surface area contributed by atoms with Gasteiger partial charge in [0.15, 0.2) is 11.5 Å². The number of hydrogen-bond donors (Lipinski definition) is 1. The number of anilines is 1. The summed E-state index contributed by atoms with van der Waals surface area (Å²) in [5.41, 5.74) is 3.74. The zero-order chi connectivity index (χ0) is 13.4. The molecule has 0 bridgehead atoms. The lowest BCUT2D eigenvalue weighted by Gasteiger charge is -2.10. The molecule has 0 atom stereocenters. The first-order valence-electron chi connectivity index (χ1n) is 6.49. The van der Waals surface area contributed by atoms with Gasteiger partial charge < -0.3 is 14.8 Å². The average Bonchev–Trinajstić information content (AvgIpc) is 3.13. The van der Waals surface area contributed by atoms with Crippen LogP contribution in [0.2, 0.25) is 0 Å². The smallest absolute Gasteiger partial charge is 0.231 e. The van der Waals surface area contributed by atoms with E-state index in [0.717, 1.165) is 18.0 Å². The van der Waals surface area contributed by atoms with Crippen LogP contribution in [0.3, 0.4) is 0 Å². The van der Waals surface area contributed by atoms with Gasteiger partial charge in [-0.05, 0) is 34.7 Å². The predicted molar refractivity (Wildman–Crippen MR) is 80.8 cm³/mol. The van der Waals surface area contributed by atoms with Crippen LogP contribution in [-0.2, 0) is 6.54 Å². The van der Waals surface area contributed by atoms with Crippen LogP contribution in [0, 0.1) is 0 Å². The Balaban J connectivity index is 1.54. The molecule has 0 amide bonds. The Kier molecular flexibility index (Phi) is 2.74. The van der Waals surface area contributed by atoms with Gasteiger partial charge in [-0.3, -0.25) is 0 Å². The molecule has 100 valence electrons. The highest BCUT2D eigenvalue weighted by Gasteiger charge is 2.13. The standard InChI is InChI=1S/C16H13NO2S/c1-2-12-6-7-20-16(13(12)3-1)17-9-11-4-5-14-15(8-11)19-10-18-14/h1-8,17H,9-10H2. The second-order valence-electron chi connectivity index (χ2n) is 4.69. The molecule has 0 radical (unpaired) electrons. The van der Waals surface area contributed by atoms with E-state index in [1.807, 2.05) is 12.1 Å². The SMILES string of the molecule is c1cc2ccsc(NCc3ccc4c(c3)OCO4)c-2c1. The highest BCUT2D eigenvalue weighted by atomic mass is 32.1. The van der Waals surface area contributed by atoms with Gasteiger partial charge in [-0.15, -0.1) is 11.3 Å². The highest BCUT2D eigenvalue weighted by Crippen LogP contribution is 2.35. The molecule has 0 spiro atoms. The molecule has 1 aromatic carbocycles. The molecule has 3 aliphatic rings. The third-order valence-electron chi connectivity index (χ3n) is 3.42. The summed E-state index contributed by atoms with van der Waals surface area (Å²) >= 11 is 1.72. The van der Waals surface area contributed by atoms with Crippen LogP contribution < -0.4 is 14.8 Å². The summed E-state index contributed by atoms with van der Waals surface area (Å²) in [7, 11) is 0. The van der Waals surface area contributed by atoms with E-state index >= 15 is 0 Å². The molecule has 2 heterocycles. The Morgan fingerprint density at radius 3 is 3.00 bits per heavy atom. The molecule has 4 heteroatoms. The van der Waals surface area contributed by atoms with Gasteiger partial charge in [0.25, 0.3) is 0 Å². The van der Waals surface area contributed by atoms with Crippen molar-refractivity contribution in [3.8, 4) is 22.6 Å². The van der Waals surface area contributed by atoms with Crippen molar-refractivity contribution in [3.63, 3.8) is 0 Å². The van der Waals surface area contributed by atoms with E-state index in [1.54, 1.807) is 11.3 Å². The second-order valence-corrected chi connectivity index (χ2v) is 5.60. The van der Waals surface area contributed by atoms with E-state index in [-0.39, 0.29) is 0 Å². The van der Waals surface area contributed by atoms with Crippen LogP contribution >= 0.6 is 11.3 Å². The zero-order valence-corrected chi connectivity index (χ0v) is 11.6. The van der Waals surface area contributed by atoms with E-state index in [2.05, 4.69) is 41.0 Å². The monoisotopic (exact) mass is 283 g/mol. The van der Waals surface area contributed by atoms with E-state index in [0.29, 0.717) is 6.79 Å². The van der Waals surface area contributed by atoms with Gasteiger partial charge in [0, 0.05) is 12.1 Å². The molecule has 0 saturated heterocycles. The summed E-state index contributed by atoms with van der Waals surface area (Å²) in [5, 5.41) is 6.82. The van der Waals surface area contributed by atoms with Gasteiger partial charge in [0.1, 0.15) is 0 Å². The van der Waals surface area contributed by atoms with Gasteiger partial charge in [-0.2, -0.15) is 0 Å². The first kappa shape index (κ1) is 11.6. The molecular weight excluding hydrogens is 270 g/mol. The zero-order valence-electron chi connectivity index (χ0n) is 10.8. The Labute approximate surface area is 121 Å². The van der Waals surface area contributed by atoms with Crippen LogP contribution in [0.25, 0.3) is 11.1 Å². The molecule has 1 aliphatic carbocycles. The number of hydrogen-bond acceptors (Lipinski definition) is 4. The molecule has 1 N–H and O–H groups in total. The van der Waals surface area contributed by atoms with Crippen molar-refractivity contribution in [1.82, 2.24) is 0 Å². The number of fused-ring (bicyclic) bond motifs is 2. The number of benzene rings is 1. The fourth-order valence-corrected chi connectivity index (χ4v) is 3.21. The Morgan fingerprint density at radius 1 is 1.05 bits per heavy atom. The Morgan fingerprint density at radius 2 is 2.00 bits per heavy atom. The largest absolute Gasteiger partial charge is 0.454 e. The molecule has 1 aromatic rings. The van der Waals surface area contributed by atoms with Crippen LogP contribution in [0.15, 0.2) is 47.8 Å². The molecule has 0 saturated carbocycles. The van der Waals surface area contributed by atoms with Gasteiger partial charge in [-0.1, -0.05) is 24.3 Å². The maximum absolute atomic E-state index is 5.40. The molecule has 20 heavy (non-hydrogen) atoms. The minimum atomic E-state index is 0.321. The van der Waals surface area contributed by atoms with Crippen molar-refractivity contribution >= 4 is 16.3 Å². The van der Waals surface area contributed by atoms with Crippen LogP contribution in [0.4, 0.5) is 5.00 Å². The summed E-state index contributed by atoms with van der Waals surface area (Å²) in [4.78, 5) is 0. The number of ether oxygens (including phenoxy) is 2. The topological polar surface area (TPSA) is 30.5 Å². The minimum Gasteiger partial charge on any atom is -0.454 e. The van der Waals surface area contributed by atoms with E-state index in [1.165, 1.54) is 21.7 Å². The summed E-state index contributed by atoms with van der Waals surface area (Å²) in [5.74, 6) is 1.66. The van der Waals surface area contributed by atoms with Crippen molar-refractivity contribution in [2.75, 3.05) is 12.1 Å². The number of rotatable bonds is 3. The normalized spacial score (nSPS) is 12.8. The first-order valence-corrected chi connectivity index (χ1v) is 7.37. The van der Waals surface area contributed by atoms with Gasteiger partial charge in [0.05, 0.1) is 5.00 Å². The molecule has 0 aromatic heterocycles. The molecule has 3 nitrogen and oxygen atoms in total. The Hall–Kier alpha value is -2.20. The van der Waals surface area contributed by atoms with Crippen molar-refractivity contribution < 1.29 is 9.47 Å². The Bertz CT molecular complexity index is 722. The average molecular weight is 283 g/mol. The van der Waals surface area contributed by atoms with Crippen molar-refractivity contribution in [2.24, 2.45) is 0 Å². The highest BCUT2D eigenvalue weighted by molar-refractivity contribution is 7.14. The van der Waals surface area contributed by atoms with Crippen molar-refractivity contribution in [3.05, 3.63) is 53.4 Å². The number of nitrogens with one attached hydrogen (secondary N) is 1. The van der Waals surface area contributed by atoms with E-state index in [4.69, 9.17) is 9.47 Å². The van der Waals surface area contributed by atoms with Crippen LogP contribution in [-0.4, -0.2) is 6.79 Å². The van der Waals surface area contributed by atoms with Gasteiger partial charge >= 0.3 is 0 Å². The lowest BCUT2D eigenvalue weighted by Crippen LogP contribution is -1.99. The molecular formula is C16H13NO2S. The lowest BCUT2D eigenvalue weighted by atomic mass is 10.2. The lowest BCUT2D eigenvalue weighted by molar-refractivity contribution is 0.174.